The van der Waals surface area contributed by atoms with Crippen LogP contribution in [0.25, 0.3) is 0 Å². The van der Waals surface area contributed by atoms with Crippen molar-refractivity contribution in [2.75, 3.05) is 0 Å². The van der Waals surface area contributed by atoms with Gasteiger partial charge in [0.2, 0.25) is 0 Å². The topological polar surface area (TPSA) is 37.3 Å². The predicted octanol–water partition coefficient (Wildman–Crippen LogP) is 1.90. The highest BCUT2D eigenvalue weighted by Crippen LogP contribution is 2.65. The summed E-state index contributed by atoms with van der Waals surface area (Å²) in [6.45, 7) is 5.92. The van der Waals surface area contributed by atoms with E-state index in [1.165, 1.54) is 0 Å². The number of carboxylic acids is 1. The van der Waals surface area contributed by atoms with Gasteiger partial charge in [0, 0.05) is 0 Å². The molecule has 10 heavy (non-hydrogen) atoms. The van der Waals surface area contributed by atoms with Crippen LogP contribution < -0.4 is 0 Å². The van der Waals surface area contributed by atoms with E-state index in [1.807, 2.05) is 20.8 Å². The molecule has 0 heterocycles. The Bertz CT molecular complexity index is 176. The van der Waals surface area contributed by atoms with E-state index in [2.05, 4.69) is 0 Å². The number of aliphatic carboxylic acids is 1. The minimum absolute atomic E-state index is 0.0683. The van der Waals surface area contributed by atoms with Crippen LogP contribution in [0.3, 0.4) is 0 Å². The molecule has 1 rings (SSSR count). The first-order valence-electron chi connectivity index (χ1n) is 3.70. The van der Waals surface area contributed by atoms with E-state index in [0.29, 0.717) is 0 Å². The highest BCUT2D eigenvalue weighted by atomic mass is 16.4. The number of hydrogen-bond acceptors (Lipinski definition) is 1. The zero-order valence-corrected chi connectivity index (χ0v) is 6.77. The van der Waals surface area contributed by atoms with Crippen molar-refractivity contribution in [3.63, 3.8) is 0 Å². The third-order valence-electron chi connectivity index (χ3n) is 3.20. The quantitative estimate of drug-likeness (QED) is 0.639. The molecule has 0 aromatic heterocycles. The molecular formula is C8H14O2. The van der Waals surface area contributed by atoms with Gasteiger partial charge in [-0.25, -0.2) is 0 Å². The second kappa shape index (κ2) is 1.74. The van der Waals surface area contributed by atoms with Crippen LogP contribution in [0.2, 0.25) is 0 Å². The molecule has 1 aliphatic carbocycles. The standard InChI is InChI=1S/C8H14O2/c1-4-7(2)5-8(7,3)6(9)10/h4-5H2,1-3H3,(H,9,10). The monoisotopic (exact) mass is 142 g/mol. The molecular weight excluding hydrogens is 128 g/mol. The Labute approximate surface area is 61.2 Å². The minimum atomic E-state index is -0.642. The van der Waals surface area contributed by atoms with Crippen molar-refractivity contribution in [1.82, 2.24) is 0 Å². The van der Waals surface area contributed by atoms with Crippen molar-refractivity contribution in [3.05, 3.63) is 0 Å². The predicted molar refractivity (Wildman–Crippen MR) is 38.8 cm³/mol. The van der Waals surface area contributed by atoms with Crippen LogP contribution in [-0.2, 0) is 4.79 Å². The van der Waals surface area contributed by atoms with Crippen molar-refractivity contribution in [3.8, 4) is 0 Å². The van der Waals surface area contributed by atoms with E-state index in [1.54, 1.807) is 0 Å². The van der Waals surface area contributed by atoms with E-state index < -0.39 is 11.4 Å². The number of carboxylic acid groups (broad SMARTS) is 1. The maximum absolute atomic E-state index is 10.7. The maximum atomic E-state index is 10.7. The van der Waals surface area contributed by atoms with Crippen molar-refractivity contribution in [2.24, 2.45) is 10.8 Å². The van der Waals surface area contributed by atoms with E-state index in [9.17, 15) is 4.79 Å². The van der Waals surface area contributed by atoms with Crippen LogP contribution in [-0.4, -0.2) is 11.1 Å². The lowest BCUT2D eigenvalue weighted by Gasteiger charge is -2.11. The summed E-state index contributed by atoms with van der Waals surface area (Å²) in [7, 11) is 0. The van der Waals surface area contributed by atoms with Gasteiger partial charge in [0.05, 0.1) is 5.41 Å². The summed E-state index contributed by atoms with van der Waals surface area (Å²) < 4.78 is 0. The summed E-state index contributed by atoms with van der Waals surface area (Å²) in [6, 6.07) is 0. The molecule has 0 spiro atoms. The maximum Gasteiger partial charge on any atom is 0.309 e. The van der Waals surface area contributed by atoms with Gasteiger partial charge in [0.1, 0.15) is 0 Å². The van der Waals surface area contributed by atoms with Crippen LogP contribution in [0.15, 0.2) is 0 Å². The third-order valence-corrected chi connectivity index (χ3v) is 3.20. The molecule has 1 saturated carbocycles. The average Bonchev–Trinajstić information content (AvgIpc) is 2.39. The molecule has 0 aromatic rings. The highest BCUT2D eigenvalue weighted by Gasteiger charge is 2.64. The summed E-state index contributed by atoms with van der Waals surface area (Å²) in [6.07, 6.45) is 1.81. The fourth-order valence-corrected chi connectivity index (χ4v) is 1.59. The molecule has 2 atom stereocenters. The Hall–Kier alpha value is -0.530. The summed E-state index contributed by atoms with van der Waals surface area (Å²) >= 11 is 0. The lowest BCUT2D eigenvalue weighted by atomic mass is 9.94. The molecule has 2 heteroatoms. The minimum Gasteiger partial charge on any atom is -0.481 e. The molecule has 0 amide bonds. The van der Waals surface area contributed by atoms with Gasteiger partial charge in [-0.05, 0) is 25.2 Å². The first-order valence-corrected chi connectivity index (χ1v) is 3.70. The van der Waals surface area contributed by atoms with E-state index in [4.69, 9.17) is 5.11 Å². The first kappa shape index (κ1) is 7.58. The third kappa shape index (κ3) is 0.678. The molecule has 0 radical (unpaired) electrons. The van der Waals surface area contributed by atoms with Crippen LogP contribution in [0.4, 0.5) is 0 Å². The van der Waals surface area contributed by atoms with Crippen LogP contribution in [0, 0.1) is 10.8 Å². The van der Waals surface area contributed by atoms with Gasteiger partial charge in [-0.2, -0.15) is 0 Å². The fourth-order valence-electron chi connectivity index (χ4n) is 1.59. The Morgan fingerprint density at radius 3 is 2.20 bits per heavy atom. The lowest BCUT2D eigenvalue weighted by molar-refractivity contribution is -0.144. The van der Waals surface area contributed by atoms with Gasteiger partial charge >= 0.3 is 5.97 Å². The van der Waals surface area contributed by atoms with Crippen LogP contribution in [0.5, 0.6) is 0 Å². The molecule has 0 bridgehead atoms. The number of hydrogen-bond donors (Lipinski definition) is 1. The second-order valence-corrected chi connectivity index (χ2v) is 3.73. The molecule has 1 aliphatic rings. The van der Waals surface area contributed by atoms with Crippen LogP contribution in [0.1, 0.15) is 33.6 Å². The normalized spacial score (nSPS) is 45.1. The van der Waals surface area contributed by atoms with Crippen molar-refractivity contribution >= 4 is 5.97 Å². The molecule has 0 aromatic carbocycles. The molecule has 0 saturated heterocycles. The summed E-state index contributed by atoms with van der Waals surface area (Å²) in [4.78, 5) is 10.7. The lowest BCUT2D eigenvalue weighted by Crippen LogP contribution is -2.17. The highest BCUT2D eigenvalue weighted by molar-refractivity contribution is 5.79. The molecule has 1 N–H and O–H groups in total. The smallest absolute Gasteiger partial charge is 0.309 e. The molecule has 2 nitrogen and oxygen atoms in total. The first-order chi connectivity index (χ1) is 4.46. The summed E-state index contributed by atoms with van der Waals surface area (Å²) in [5.41, 5.74) is -0.361. The zero-order valence-electron chi connectivity index (χ0n) is 6.77. The van der Waals surface area contributed by atoms with Gasteiger partial charge in [0.15, 0.2) is 0 Å². The van der Waals surface area contributed by atoms with Crippen molar-refractivity contribution in [1.29, 1.82) is 0 Å². The fraction of sp³-hybridized carbons (Fsp3) is 0.875. The van der Waals surface area contributed by atoms with E-state index in [-0.39, 0.29) is 5.41 Å². The number of carbonyl (C=O) groups is 1. The Morgan fingerprint density at radius 1 is 1.60 bits per heavy atom. The molecule has 0 aliphatic heterocycles. The largest absolute Gasteiger partial charge is 0.481 e. The zero-order chi connectivity index (χ0) is 7.99. The Kier molecular flexibility index (Phi) is 1.32. The Morgan fingerprint density at radius 2 is 2.10 bits per heavy atom. The molecule has 1 fully saturated rings. The Balaban J connectivity index is 2.72. The van der Waals surface area contributed by atoms with Gasteiger partial charge in [-0.3, -0.25) is 4.79 Å². The van der Waals surface area contributed by atoms with E-state index in [0.717, 1.165) is 12.8 Å². The van der Waals surface area contributed by atoms with Crippen molar-refractivity contribution < 1.29 is 9.90 Å². The van der Waals surface area contributed by atoms with Gasteiger partial charge in [-0.1, -0.05) is 13.8 Å². The molecule has 58 valence electrons. The summed E-state index contributed by atoms with van der Waals surface area (Å²) in [5.74, 6) is -0.642. The van der Waals surface area contributed by atoms with Gasteiger partial charge in [0.25, 0.3) is 0 Å². The van der Waals surface area contributed by atoms with E-state index >= 15 is 0 Å². The molecule has 2 unspecified atom stereocenters. The summed E-state index contributed by atoms with van der Waals surface area (Å²) in [5, 5.41) is 8.78. The van der Waals surface area contributed by atoms with Gasteiger partial charge in [-0.15, -0.1) is 0 Å². The second-order valence-electron chi connectivity index (χ2n) is 3.73. The number of rotatable bonds is 2. The van der Waals surface area contributed by atoms with Gasteiger partial charge < -0.3 is 5.11 Å². The SMILES string of the molecule is CCC1(C)CC1(C)C(=O)O. The average molecular weight is 142 g/mol. The van der Waals surface area contributed by atoms with Crippen molar-refractivity contribution in [2.45, 2.75) is 33.6 Å². The van der Waals surface area contributed by atoms with Crippen LogP contribution >= 0.6 is 0 Å².